The monoisotopic (exact) mass is 705 g/mol. The van der Waals surface area contributed by atoms with Crippen molar-refractivity contribution in [1.82, 2.24) is 0 Å². The summed E-state index contributed by atoms with van der Waals surface area (Å²) in [5, 5.41) is 101. The second kappa shape index (κ2) is 11.2. The number of rotatable bonds is 4. The Morgan fingerprint density at radius 1 is 0.358 bits per heavy atom. The van der Waals surface area contributed by atoms with Gasteiger partial charge in [0.25, 0.3) is 0 Å². The summed E-state index contributed by atoms with van der Waals surface area (Å²) < 4.78 is 6.00. The summed E-state index contributed by atoms with van der Waals surface area (Å²) in [6, 6.07) is 33.6. The summed E-state index contributed by atoms with van der Waals surface area (Å²) in [6.45, 7) is 0. The van der Waals surface area contributed by atoms with E-state index in [1.54, 1.807) is 24.3 Å². The van der Waals surface area contributed by atoms with Gasteiger partial charge in [0.1, 0.15) is 16.9 Å². The molecule has 0 aliphatic heterocycles. The van der Waals surface area contributed by atoms with Crippen LogP contribution in [0, 0.1) is 0 Å². The number of phenols is 9. The van der Waals surface area contributed by atoms with Gasteiger partial charge >= 0.3 is 0 Å². The quantitative estimate of drug-likeness (QED) is 0.0480. The molecule has 9 rings (SSSR count). The first-order valence-electron chi connectivity index (χ1n) is 16.3. The predicted octanol–water partition coefficient (Wildman–Crippen LogP) is 9.53. The highest BCUT2D eigenvalue weighted by Gasteiger charge is 2.34. The average Bonchev–Trinajstić information content (AvgIpc) is 3.56. The molecule has 0 bridgehead atoms. The molecular formula is C42H27NO10. The molecule has 1 aromatic heterocycles. The van der Waals surface area contributed by atoms with Gasteiger partial charge in [-0.25, -0.2) is 0 Å². The highest BCUT2D eigenvalue weighted by atomic mass is 16.4. The van der Waals surface area contributed by atoms with Crippen LogP contribution >= 0.6 is 0 Å². The number of anilines is 3. The van der Waals surface area contributed by atoms with Crippen LogP contribution in [0.3, 0.4) is 0 Å². The molecule has 11 nitrogen and oxygen atoms in total. The van der Waals surface area contributed by atoms with Crippen LogP contribution in [0.2, 0.25) is 0 Å². The molecule has 260 valence electrons. The Labute approximate surface area is 298 Å². The summed E-state index contributed by atoms with van der Waals surface area (Å²) >= 11 is 0. The fourth-order valence-corrected chi connectivity index (χ4v) is 7.23. The topological polar surface area (TPSA) is 198 Å². The number of phenolic OH excluding ortho intramolecular Hbond substituents is 9. The number of hydrogen-bond acceptors (Lipinski definition) is 11. The Morgan fingerprint density at radius 2 is 0.887 bits per heavy atom. The molecule has 0 unspecified atom stereocenters. The molecule has 9 aromatic rings. The summed E-state index contributed by atoms with van der Waals surface area (Å²) in [5.74, 6) is -9.74. The lowest BCUT2D eigenvalue weighted by atomic mass is 9.93. The van der Waals surface area contributed by atoms with Crippen LogP contribution in [0.1, 0.15) is 0 Å². The van der Waals surface area contributed by atoms with Gasteiger partial charge in [0, 0.05) is 32.9 Å². The Balaban J connectivity index is 1.35. The van der Waals surface area contributed by atoms with Gasteiger partial charge in [-0.3, -0.25) is 0 Å². The third kappa shape index (κ3) is 4.40. The van der Waals surface area contributed by atoms with E-state index in [0.29, 0.717) is 11.4 Å². The van der Waals surface area contributed by atoms with Crippen molar-refractivity contribution in [1.29, 1.82) is 0 Å². The largest absolute Gasteiger partial charge is 0.505 e. The summed E-state index contributed by atoms with van der Waals surface area (Å²) in [5.41, 5.74) is 3.65. The van der Waals surface area contributed by atoms with E-state index in [-0.39, 0.29) is 5.69 Å². The minimum absolute atomic E-state index is 0.329. The number of para-hydroxylation sites is 1. The first-order chi connectivity index (χ1) is 25.5. The van der Waals surface area contributed by atoms with Crippen LogP contribution in [-0.4, -0.2) is 46.0 Å². The average molecular weight is 706 g/mol. The van der Waals surface area contributed by atoms with Gasteiger partial charge in [-0.05, 0) is 64.4 Å². The Hall–Kier alpha value is -7.66. The third-order valence-electron chi connectivity index (χ3n) is 9.79. The van der Waals surface area contributed by atoms with Gasteiger partial charge in [-0.15, -0.1) is 0 Å². The zero-order valence-electron chi connectivity index (χ0n) is 27.3. The van der Waals surface area contributed by atoms with E-state index < -0.39 is 73.3 Å². The van der Waals surface area contributed by atoms with Crippen molar-refractivity contribution >= 4 is 71.3 Å². The maximum Gasteiger partial charge on any atom is 0.205 e. The van der Waals surface area contributed by atoms with Gasteiger partial charge in [0.2, 0.25) is 23.0 Å². The first kappa shape index (κ1) is 31.3. The van der Waals surface area contributed by atoms with E-state index >= 15 is 0 Å². The Bertz CT molecular complexity index is 3010. The maximum atomic E-state index is 12.1. The van der Waals surface area contributed by atoms with Crippen molar-refractivity contribution in [3.8, 4) is 62.9 Å². The molecule has 53 heavy (non-hydrogen) atoms. The second-order valence-corrected chi connectivity index (χ2v) is 12.7. The summed E-state index contributed by atoms with van der Waals surface area (Å²) in [6.07, 6.45) is 0. The number of fused-ring (bicyclic) bond motifs is 7. The Morgan fingerprint density at radius 3 is 1.58 bits per heavy atom. The third-order valence-corrected chi connectivity index (χ3v) is 9.79. The zero-order chi connectivity index (χ0) is 36.9. The number of furan rings is 1. The molecule has 0 spiro atoms. The van der Waals surface area contributed by atoms with Gasteiger partial charge in [-0.1, -0.05) is 66.7 Å². The number of benzene rings is 8. The van der Waals surface area contributed by atoms with E-state index in [2.05, 4.69) is 0 Å². The fourth-order valence-electron chi connectivity index (χ4n) is 7.23. The molecule has 0 saturated heterocycles. The van der Waals surface area contributed by atoms with Gasteiger partial charge < -0.3 is 55.3 Å². The standard InChI is InChI=1S/C42H27NO10/c44-34-32-30(36(46)40(50)42(52)38(32)48)29-31(37(47)41(51)39(49)35(29)45)33(34)43(24-15-11-19-5-1-2-6-21(19)17-24)23-13-9-20(10-14-23)22-12-16-28-26(18-22)25-7-3-4-8-27(25)53-28/h1-18,44-52H. The molecule has 0 aliphatic carbocycles. The molecule has 0 amide bonds. The lowest BCUT2D eigenvalue weighted by molar-refractivity contribution is 0.348. The number of nitrogens with zero attached hydrogens (tertiary/aromatic N) is 1. The molecular weight excluding hydrogens is 678 g/mol. The van der Waals surface area contributed by atoms with Crippen LogP contribution < -0.4 is 4.90 Å². The summed E-state index contributed by atoms with van der Waals surface area (Å²) in [7, 11) is 0. The van der Waals surface area contributed by atoms with E-state index in [1.165, 1.54) is 4.90 Å². The zero-order valence-corrected chi connectivity index (χ0v) is 27.3. The van der Waals surface area contributed by atoms with Crippen LogP contribution in [0.25, 0.3) is 65.4 Å². The lowest BCUT2D eigenvalue weighted by Gasteiger charge is -2.30. The van der Waals surface area contributed by atoms with Crippen molar-refractivity contribution in [3.63, 3.8) is 0 Å². The molecule has 8 aromatic carbocycles. The number of aromatic hydroxyl groups is 9. The molecule has 11 heteroatoms. The predicted molar refractivity (Wildman–Crippen MR) is 201 cm³/mol. The van der Waals surface area contributed by atoms with Crippen LogP contribution in [0.4, 0.5) is 17.1 Å². The van der Waals surface area contributed by atoms with Crippen LogP contribution in [0.15, 0.2) is 114 Å². The molecule has 0 fully saturated rings. The SMILES string of the molecule is Oc1c(O)c(O)c2c(c1O)c(O)c(N(c1ccc(-c3ccc4oc5ccccc5c4c3)cc1)c1ccc3ccccc3c1)c1c(O)c(O)c(O)c(O)c12. The maximum absolute atomic E-state index is 12.1. The molecule has 0 saturated carbocycles. The molecule has 0 radical (unpaired) electrons. The van der Waals surface area contributed by atoms with Crippen molar-refractivity contribution in [2.75, 3.05) is 4.90 Å². The van der Waals surface area contributed by atoms with Crippen molar-refractivity contribution in [2.45, 2.75) is 0 Å². The second-order valence-electron chi connectivity index (χ2n) is 12.7. The molecule has 9 N–H and O–H groups in total. The minimum atomic E-state index is -1.20. The van der Waals surface area contributed by atoms with E-state index in [1.807, 2.05) is 84.9 Å². The van der Waals surface area contributed by atoms with Crippen LogP contribution in [-0.2, 0) is 0 Å². The molecule has 0 aliphatic rings. The lowest BCUT2D eigenvalue weighted by Crippen LogP contribution is -2.11. The minimum Gasteiger partial charge on any atom is -0.505 e. The van der Waals surface area contributed by atoms with E-state index in [9.17, 15) is 46.0 Å². The fraction of sp³-hybridized carbons (Fsp3) is 0. The van der Waals surface area contributed by atoms with Crippen molar-refractivity contribution in [3.05, 3.63) is 109 Å². The molecule has 0 atom stereocenters. The number of hydrogen-bond donors (Lipinski definition) is 9. The van der Waals surface area contributed by atoms with Crippen molar-refractivity contribution < 1.29 is 50.4 Å². The smallest absolute Gasteiger partial charge is 0.205 e. The highest BCUT2D eigenvalue weighted by molar-refractivity contribution is 6.27. The first-order valence-corrected chi connectivity index (χ1v) is 16.3. The summed E-state index contributed by atoms with van der Waals surface area (Å²) in [4.78, 5) is 1.48. The Kier molecular flexibility index (Phi) is 6.60. The van der Waals surface area contributed by atoms with Gasteiger partial charge in [0.15, 0.2) is 28.7 Å². The van der Waals surface area contributed by atoms with Gasteiger partial charge in [0.05, 0.1) is 10.8 Å². The van der Waals surface area contributed by atoms with E-state index in [0.717, 1.165) is 43.8 Å². The van der Waals surface area contributed by atoms with Crippen LogP contribution in [0.5, 0.6) is 51.7 Å². The normalized spacial score (nSPS) is 11.7. The van der Waals surface area contributed by atoms with Crippen molar-refractivity contribution in [2.24, 2.45) is 0 Å². The van der Waals surface area contributed by atoms with Gasteiger partial charge in [-0.2, -0.15) is 0 Å². The highest BCUT2D eigenvalue weighted by Crippen LogP contribution is 2.63. The van der Waals surface area contributed by atoms with E-state index in [4.69, 9.17) is 4.42 Å². The molecule has 1 heterocycles.